The molecule has 1 saturated heterocycles. The number of esters is 1. The summed E-state index contributed by atoms with van der Waals surface area (Å²) >= 11 is 1.29. The lowest BCUT2D eigenvalue weighted by atomic mass is 9.78. The van der Waals surface area contributed by atoms with Crippen molar-refractivity contribution in [2.45, 2.75) is 13.3 Å². The molecule has 6 heteroatoms. The van der Waals surface area contributed by atoms with Crippen LogP contribution in [0, 0.1) is 17.8 Å². The Balaban J connectivity index is 1.60. The van der Waals surface area contributed by atoms with Crippen LogP contribution in [-0.2, 0) is 9.59 Å². The van der Waals surface area contributed by atoms with Crippen molar-refractivity contribution >= 4 is 34.8 Å². The van der Waals surface area contributed by atoms with Gasteiger partial charge >= 0.3 is 5.97 Å². The van der Waals surface area contributed by atoms with E-state index in [1.807, 2.05) is 19.1 Å². The van der Waals surface area contributed by atoms with E-state index in [-0.39, 0.29) is 29.6 Å². The van der Waals surface area contributed by atoms with Crippen molar-refractivity contribution in [3.63, 3.8) is 0 Å². The number of nitrogens with zero attached hydrogens (tertiary/aromatic N) is 1. The number of amides is 2. The second kappa shape index (κ2) is 6.53. The molecule has 3 atom stereocenters. The van der Waals surface area contributed by atoms with Crippen LogP contribution in [0.15, 0.2) is 53.9 Å². The first-order valence-corrected chi connectivity index (χ1v) is 9.34. The number of fused-ring (bicyclic) bond motifs is 1. The number of allylic oxidation sites excluding steroid dienone is 2. The van der Waals surface area contributed by atoms with Crippen molar-refractivity contribution in [3.05, 3.63) is 58.8 Å². The largest absolute Gasteiger partial charge is 0.422 e. The first-order chi connectivity index (χ1) is 12.6. The van der Waals surface area contributed by atoms with Crippen molar-refractivity contribution < 1.29 is 19.1 Å². The van der Waals surface area contributed by atoms with E-state index in [0.29, 0.717) is 22.7 Å². The summed E-state index contributed by atoms with van der Waals surface area (Å²) in [5.41, 5.74) is 0.443. The van der Waals surface area contributed by atoms with Crippen LogP contribution in [0.1, 0.15) is 23.0 Å². The highest BCUT2D eigenvalue weighted by Crippen LogP contribution is 2.40. The van der Waals surface area contributed by atoms with Gasteiger partial charge in [0.05, 0.1) is 17.5 Å². The van der Waals surface area contributed by atoms with Gasteiger partial charge in [-0.3, -0.25) is 9.59 Å². The third kappa shape index (κ3) is 2.76. The maximum Gasteiger partial charge on any atom is 0.353 e. The second-order valence-electron chi connectivity index (χ2n) is 6.53. The minimum atomic E-state index is -0.456. The zero-order valence-electron chi connectivity index (χ0n) is 14.1. The van der Waals surface area contributed by atoms with Crippen LogP contribution >= 0.6 is 11.3 Å². The van der Waals surface area contributed by atoms with E-state index in [1.54, 1.807) is 41.8 Å². The van der Waals surface area contributed by atoms with Gasteiger partial charge in [0.2, 0.25) is 11.8 Å². The van der Waals surface area contributed by atoms with E-state index in [2.05, 4.69) is 0 Å². The van der Waals surface area contributed by atoms with Crippen LogP contribution < -0.4 is 9.64 Å². The minimum Gasteiger partial charge on any atom is -0.422 e. The van der Waals surface area contributed by atoms with Crippen molar-refractivity contribution in [1.82, 2.24) is 0 Å². The molecule has 0 N–H and O–H groups in total. The van der Waals surface area contributed by atoms with Gasteiger partial charge in [-0.2, -0.15) is 0 Å². The van der Waals surface area contributed by atoms with Crippen molar-refractivity contribution in [3.8, 4) is 5.75 Å². The Morgan fingerprint density at radius 3 is 2.77 bits per heavy atom. The summed E-state index contributed by atoms with van der Waals surface area (Å²) in [6.45, 7) is 1.96. The van der Waals surface area contributed by atoms with Gasteiger partial charge in [-0.1, -0.05) is 31.2 Å². The fourth-order valence-corrected chi connectivity index (χ4v) is 4.24. The van der Waals surface area contributed by atoms with E-state index in [1.165, 1.54) is 16.2 Å². The quantitative estimate of drug-likeness (QED) is 0.359. The van der Waals surface area contributed by atoms with Crippen molar-refractivity contribution in [2.24, 2.45) is 17.8 Å². The summed E-state index contributed by atoms with van der Waals surface area (Å²) in [6.07, 6.45) is 4.55. The number of hydrogen-bond acceptors (Lipinski definition) is 5. The lowest BCUT2D eigenvalue weighted by molar-refractivity contribution is -0.122. The number of imide groups is 1. The number of carbonyl (C=O) groups is 3. The predicted octanol–water partition coefficient (Wildman–Crippen LogP) is 3.67. The molecule has 1 aliphatic heterocycles. The summed E-state index contributed by atoms with van der Waals surface area (Å²) in [5, 5.41) is 1.80. The topological polar surface area (TPSA) is 63.7 Å². The minimum absolute atomic E-state index is 0.0371. The van der Waals surface area contributed by atoms with E-state index in [9.17, 15) is 14.4 Å². The van der Waals surface area contributed by atoms with Gasteiger partial charge in [-0.15, -0.1) is 11.3 Å². The highest BCUT2D eigenvalue weighted by Gasteiger charge is 2.50. The molecule has 1 aromatic carbocycles. The lowest BCUT2D eigenvalue weighted by Gasteiger charge is -2.22. The molecule has 1 fully saturated rings. The molecule has 4 rings (SSSR count). The van der Waals surface area contributed by atoms with Crippen LogP contribution in [0.25, 0.3) is 0 Å². The Bertz CT molecular complexity index is 902. The number of benzene rings is 1. The molecule has 0 unspecified atom stereocenters. The fraction of sp³-hybridized carbons (Fsp3) is 0.250. The van der Waals surface area contributed by atoms with Gasteiger partial charge in [0.25, 0.3) is 0 Å². The second-order valence-corrected chi connectivity index (χ2v) is 7.48. The number of anilines is 1. The molecule has 2 aliphatic rings. The third-order valence-corrected chi connectivity index (χ3v) is 5.73. The first kappa shape index (κ1) is 16.7. The van der Waals surface area contributed by atoms with Gasteiger partial charge in [-0.05, 0) is 35.9 Å². The molecule has 2 aromatic rings. The number of carbonyl (C=O) groups excluding carboxylic acids is 3. The molecule has 0 saturated carbocycles. The molecule has 2 amide bonds. The van der Waals surface area contributed by atoms with Crippen LogP contribution in [0.3, 0.4) is 0 Å². The maximum absolute atomic E-state index is 12.8. The van der Waals surface area contributed by atoms with E-state index in [0.717, 1.165) is 0 Å². The molecule has 132 valence electrons. The fourth-order valence-electron chi connectivity index (χ4n) is 3.64. The molecular weight excluding hydrogens is 350 g/mol. The standard InChI is InChI=1S/C20H17NO4S/c1-12-5-2-8-15-17(12)19(23)21(18(15)22)13-6-3-7-14(11-13)25-20(24)16-9-4-10-26-16/h2-7,9-12,15,17H,8H2,1H3/t12-,15-,17+/m1/s1. The van der Waals surface area contributed by atoms with Gasteiger partial charge in [0, 0.05) is 6.07 Å². The van der Waals surface area contributed by atoms with E-state index < -0.39 is 5.97 Å². The maximum atomic E-state index is 12.8. The molecule has 5 nitrogen and oxygen atoms in total. The summed E-state index contributed by atoms with van der Waals surface area (Å²) in [4.78, 5) is 39.5. The summed E-state index contributed by atoms with van der Waals surface area (Å²) in [7, 11) is 0. The highest BCUT2D eigenvalue weighted by atomic mass is 32.1. The predicted molar refractivity (Wildman–Crippen MR) is 98.1 cm³/mol. The van der Waals surface area contributed by atoms with Crippen LogP contribution in [0.5, 0.6) is 5.75 Å². The Hall–Kier alpha value is -2.73. The van der Waals surface area contributed by atoms with E-state index >= 15 is 0 Å². The number of hydrogen-bond donors (Lipinski definition) is 0. The molecule has 0 spiro atoms. The zero-order chi connectivity index (χ0) is 18.3. The van der Waals surface area contributed by atoms with Crippen LogP contribution in [0.4, 0.5) is 5.69 Å². The lowest BCUT2D eigenvalue weighted by Crippen LogP contribution is -2.31. The third-order valence-electron chi connectivity index (χ3n) is 4.88. The number of thiophene rings is 1. The molecule has 26 heavy (non-hydrogen) atoms. The van der Waals surface area contributed by atoms with Gasteiger partial charge in [-0.25, -0.2) is 9.69 Å². The first-order valence-electron chi connectivity index (χ1n) is 8.46. The smallest absolute Gasteiger partial charge is 0.353 e. The van der Waals surface area contributed by atoms with Crippen LogP contribution in [-0.4, -0.2) is 17.8 Å². The number of rotatable bonds is 3. The summed E-state index contributed by atoms with van der Waals surface area (Å²) in [6, 6.07) is 10.0. The Morgan fingerprint density at radius 2 is 2.04 bits per heavy atom. The molecule has 0 radical (unpaired) electrons. The average Bonchev–Trinajstić information content (AvgIpc) is 3.24. The van der Waals surface area contributed by atoms with E-state index in [4.69, 9.17) is 4.74 Å². The van der Waals surface area contributed by atoms with Crippen molar-refractivity contribution in [1.29, 1.82) is 0 Å². The molecule has 2 heterocycles. The molecule has 1 aliphatic carbocycles. The monoisotopic (exact) mass is 367 g/mol. The normalized spacial score (nSPS) is 24.7. The van der Waals surface area contributed by atoms with Crippen LogP contribution in [0.2, 0.25) is 0 Å². The Morgan fingerprint density at radius 1 is 1.19 bits per heavy atom. The molecule has 0 bridgehead atoms. The molecule has 1 aromatic heterocycles. The Labute approximate surface area is 154 Å². The van der Waals surface area contributed by atoms with Gasteiger partial charge in [0.15, 0.2) is 0 Å². The SMILES string of the molecule is C[C@@H]1C=CC[C@H]2C(=O)N(c3cccc(OC(=O)c4cccs4)c3)C(=O)[C@@H]12. The van der Waals surface area contributed by atoms with Gasteiger partial charge in [0.1, 0.15) is 10.6 Å². The molecular formula is C20H17NO4S. The zero-order valence-corrected chi connectivity index (χ0v) is 14.9. The van der Waals surface area contributed by atoms with Crippen molar-refractivity contribution in [2.75, 3.05) is 4.90 Å². The summed E-state index contributed by atoms with van der Waals surface area (Å²) in [5.74, 6) is -1.10. The Kier molecular flexibility index (Phi) is 4.20. The highest BCUT2D eigenvalue weighted by molar-refractivity contribution is 7.12. The summed E-state index contributed by atoms with van der Waals surface area (Å²) < 4.78 is 5.38. The average molecular weight is 367 g/mol. The number of ether oxygens (including phenoxy) is 1. The van der Waals surface area contributed by atoms with Gasteiger partial charge < -0.3 is 4.74 Å².